The van der Waals surface area contributed by atoms with Gasteiger partial charge in [0, 0.05) is 11.1 Å². The molecule has 4 nitrogen and oxygen atoms in total. The molecule has 0 amide bonds. The molecule has 0 saturated carbocycles. The fraction of sp³-hybridized carbons (Fsp3) is 0.450. The molecule has 8 heteroatoms. The molecular formula is C20H22F4O4. The van der Waals surface area contributed by atoms with Crippen LogP contribution in [-0.4, -0.2) is 36.1 Å². The van der Waals surface area contributed by atoms with Crippen molar-refractivity contribution in [2.75, 3.05) is 13.2 Å². The van der Waals surface area contributed by atoms with Crippen LogP contribution in [0.2, 0.25) is 0 Å². The lowest BCUT2D eigenvalue weighted by Gasteiger charge is -2.27. The van der Waals surface area contributed by atoms with E-state index in [1.165, 1.54) is 18.2 Å². The summed E-state index contributed by atoms with van der Waals surface area (Å²) < 4.78 is 64.4. The standard InChI is InChI=1S/C20H22F4O4/c1-13-3-7-15(8-4-13)17(25)27-11-19(21,22)20(23,24)12-28-18(26)16-9-5-14(2)6-10-16/h3-5,7-9,17,25H,6,10-12H2,1-2H3. The fourth-order valence-electron chi connectivity index (χ4n) is 2.38. The number of esters is 1. The largest absolute Gasteiger partial charge is 0.456 e. The van der Waals surface area contributed by atoms with Crippen LogP contribution in [0.1, 0.15) is 37.2 Å². The maximum absolute atomic E-state index is 13.9. The average molecular weight is 402 g/mol. The van der Waals surface area contributed by atoms with Crippen LogP contribution in [0.4, 0.5) is 17.6 Å². The summed E-state index contributed by atoms with van der Waals surface area (Å²) >= 11 is 0. The van der Waals surface area contributed by atoms with Crippen molar-refractivity contribution in [3.63, 3.8) is 0 Å². The summed E-state index contributed by atoms with van der Waals surface area (Å²) in [6, 6.07) is 6.10. The molecule has 0 aromatic heterocycles. The Labute approximate surface area is 160 Å². The van der Waals surface area contributed by atoms with Crippen LogP contribution in [0.25, 0.3) is 0 Å². The fourth-order valence-corrected chi connectivity index (χ4v) is 2.38. The summed E-state index contributed by atoms with van der Waals surface area (Å²) in [6.45, 7) is 0.103. The van der Waals surface area contributed by atoms with Crippen LogP contribution in [-0.2, 0) is 14.3 Å². The predicted octanol–water partition coefficient (Wildman–Crippen LogP) is 4.48. The Morgan fingerprint density at radius 1 is 1.04 bits per heavy atom. The quantitative estimate of drug-likeness (QED) is 0.396. The maximum atomic E-state index is 13.9. The second kappa shape index (κ2) is 8.87. The van der Waals surface area contributed by atoms with Gasteiger partial charge in [0.15, 0.2) is 12.9 Å². The van der Waals surface area contributed by atoms with Crippen LogP contribution in [0.3, 0.4) is 0 Å². The molecule has 28 heavy (non-hydrogen) atoms. The van der Waals surface area contributed by atoms with Gasteiger partial charge in [-0.25, -0.2) is 4.79 Å². The van der Waals surface area contributed by atoms with Crippen LogP contribution >= 0.6 is 0 Å². The molecule has 1 aliphatic carbocycles. The third-order valence-corrected chi connectivity index (χ3v) is 4.32. The highest BCUT2D eigenvalue weighted by Crippen LogP contribution is 2.36. The first kappa shape index (κ1) is 22.1. The minimum atomic E-state index is -4.66. The van der Waals surface area contributed by atoms with Crippen molar-refractivity contribution in [3.05, 3.63) is 58.7 Å². The van der Waals surface area contributed by atoms with Gasteiger partial charge in [0.2, 0.25) is 0 Å². The molecule has 1 N–H and O–H groups in total. The molecule has 0 aliphatic heterocycles. The number of halogens is 4. The minimum absolute atomic E-state index is 0.149. The Kier molecular flexibility index (Phi) is 7.01. The lowest BCUT2D eigenvalue weighted by atomic mass is 10.00. The summed E-state index contributed by atoms with van der Waals surface area (Å²) in [5, 5.41) is 9.75. The van der Waals surface area contributed by atoms with Gasteiger partial charge in [0.05, 0.1) is 0 Å². The summed E-state index contributed by atoms with van der Waals surface area (Å²) in [5.41, 5.74) is 2.19. The van der Waals surface area contributed by atoms with Gasteiger partial charge < -0.3 is 14.6 Å². The molecular weight excluding hydrogens is 380 g/mol. The van der Waals surface area contributed by atoms with Crippen molar-refractivity contribution in [3.8, 4) is 0 Å². The normalized spacial score (nSPS) is 16.2. The lowest BCUT2D eigenvalue weighted by Crippen LogP contribution is -2.48. The number of rotatable bonds is 8. The van der Waals surface area contributed by atoms with E-state index in [9.17, 15) is 27.5 Å². The monoisotopic (exact) mass is 402 g/mol. The van der Waals surface area contributed by atoms with E-state index >= 15 is 0 Å². The number of aryl methyl sites for hydroxylation is 1. The molecule has 0 bridgehead atoms. The van der Waals surface area contributed by atoms with Crippen molar-refractivity contribution in [1.29, 1.82) is 0 Å². The molecule has 1 aromatic rings. The third kappa shape index (κ3) is 5.65. The smallest absolute Gasteiger partial charge is 0.345 e. The van der Waals surface area contributed by atoms with E-state index in [0.717, 1.165) is 11.1 Å². The van der Waals surface area contributed by atoms with E-state index in [0.29, 0.717) is 12.8 Å². The summed E-state index contributed by atoms with van der Waals surface area (Å²) in [7, 11) is 0. The zero-order valence-corrected chi connectivity index (χ0v) is 15.6. The van der Waals surface area contributed by atoms with Gasteiger partial charge in [-0.1, -0.05) is 47.6 Å². The van der Waals surface area contributed by atoms with Gasteiger partial charge in [-0.2, -0.15) is 17.6 Å². The van der Waals surface area contributed by atoms with Gasteiger partial charge in [-0.05, 0) is 26.7 Å². The van der Waals surface area contributed by atoms with Gasteiger partial charge in [0.25, 0.3) is 0 Å². The molecule has 0 heterocycles. The topological polar surface area (TPSA) is 55.8 Å². The van der Waals surface area contributed by atoms with Gasteiger partial charge in [0.1, 0.15) is 6.61 Å². The molecule has 1 unspecified atom stereocenters. The number of benzene rings is 1. The zero-order valence-electron chi connectivity index (χ0n) is 15.6. The van der Waals surface area contributed by atoms with Crippen molar-refractivity contribution in [2.45, 2.75) is 44.8 Å². The van der Waals surface area contributed by atoms with Crippen LogP contribution in [0, 0.1) is 6.92 Å². The lowest BCUT2D eigenvalue weighted by molar-refractivity contribution is -0.266. The first-order chi connectivity index (χ1) is 13.0. The first-order valence-corrected chi connectivity index (χ1v) is 8.67. The molecule has 1 atom stereocenters. The van der Waals surface area contributed by atoms with E-state index in [-0.39, 0.29) is 11.1 Å². The van der Waals surface area contributed by atoms with E-state index < -0.39 is 37.3 Å². The number of allylic oxidation sites excluding steroid dienone is 3. The third-order valence-electron chi connectivity index (χ3n) is 4.32. The molecule has 154 valence electrons. The second-order valence-electron chi connectivity index (χ2n) is 6.76. The number of aliphatic hydroxyl groups excluding tert-OH is 1. The second-order valence-corrected chi connectivity index (χ2v) is 6.76. The van der Waals surface area contributed by atoms with E-state index in [2.05, 4.69) is 9.47 Å². The predicted molar refractivity (Wildman–Crippen MR) is 94.0 cm³/mol. The average Bonchev–Trinajstić information content (AvgIpc) is 2.65. The van der Waals surface area contributed by atoms with Crippen molar-refractivity contribution in [1.82, 2.24) is 0 Å². The Hall–Kier alpha value is -2.19. The van der Waals surface area contributed by atoms with Gasteiger partial charge >= 0.3 is 17.8 Å². The Balaban J connectivity index is 1.91. The minimum Gasteiger partial charge on any atom is -0.456 e. The van der Waals surface area contributed by atoms with Gasteiger partial charge in [-0.15, -0.1) is 0 Å². The Bertz CT molecular complexity index is 754. The number of carbonyl (C=O) groups is 1. The highest BCUT2D eigenvalue weighted by Gasteiger charge is 2.57. The molecule has 1 aromatic carbocycles. The number of ether oxygens (including phenoxy) is 2. The van der Waals surface area contributed by atoms with E-state index in [4.69, 9.17) is 0 Å². The zero-order chi connectivity index (χ0) is 20.9. The molecule has 0 spiro atoms. The molecule has 0 radical (unpaired) electrons. The van der Waals surface area contributed by atoms with Crippen LogP contribution in [0.5, 0.6) is 0 Å². The summed E-state index contributed by atoms with van der Waals surface area (Å²) in [4.78, 5) is 11.8. The summed E-state index contributed by atoms with van der Waals surface area (Å²) in [6.07, 6.45) is 2.16. The van der Waals surface area contributed by atoms with Crippen molar-refractivity contribution < 1.29 is 36.9 Å². The van der Waals surface area contributed by atoms with E-state index in [1.54, 1.807) is 25.1 Å². The SMILES string of the molecule is CC1=CC=C(C(=O)OCC(F)(F)C(F)(F)COC(O)c2ccc(C)cc2)CC1. The first-order valence-electron chi connectivity index (χ1n) is 8.67. The maximum Gasteiger partial charge on any atom is 0.345 e. The number of alkyl halides is 4. The Morgan fingerprint density at radius 2 is 1.64 bits per heavy atom. The Morgan fingerprint density at radius 3 is 2.21 bits per heavy atom. The molecule has 0 saturated heterocycles. The van der Waals surface area contributed by atoms with Crippen LogP contribution in [0.15, 0.2) is 47.6 Å². The number of hydrogen-bond acceptors (Lipinski definition) is 4. The summed E-state index contributed by atoms with van der Waals surface area (Å²) in [5.74, 6) is -10.4. The van der Waals surface area contributed by atoms with Gasteiger partial charge in [-0.3, -0.25) is 0 Å². The van der Waals surface area contributed by atoms with Crippen molar-refractivity contribution >= 4 is 5.97 Å². The highest BCUT2D eigenvalue weighted by atomic mass is 19.3. The van der Waals surface area contributed by atoms with Crippen LogP contribution < -0.4 is 0 Å². The number of carbonyl (C=O) groups excluding carboxylic acids is 1. The molecule has 0 fully saturated rings. The van der Waals surface area contributed by atoms with Crippen molar-refractivity contribution in [2.24, 2.45) is 0 Å². The highest BCUT2D eigenvalue weighted by molar-refractivity contribution is 5.89. The number of aliphatic hydroxyl groups is 1. The number of hydrogen-bond donors (Lipinski definition) is 1. The molecule has 1 aliphatic rings. The van der Waals surface area contributed by atoms with E-state index in [1.807, 2.05) is 6.92 Å². The molecule has 2 rings (SSSR count).